The van der Waals surface area contributed by atoms with Crippen molar-refractivity contribution in [3.63, 3.8) is 0 Å². The monoisotopic (exact) mass is 385 g/mol. The van der Waals surface area contributed by atoms with Gasteiger partial charge in [-0.15, -0.1) is 0 Å². The molecular weight excluding hydrogens is 358 g/mol. The summed E-state index contributed by atoms with van der Waals surface area (Å²) in [5, 5.41) is 7.98. The van der Waals surface area contributed by atoms with Crippen LogP contribution < -0.4 is 15.8 Å². The molecule has 0 spiro atoms. The van der Waals surface area contributed by atoms with Gasteiger partial charge in [0, 0.05) is 39.5 Å². The lowest BCUT2D eigenvalue weighted by Gasteiger charge is -2.17. The van der Waals surface area contributed by atoms with E-state index in [-0.39, 0.29) is 5.56 Å². The number of fused-ring (bicyclic) bond motifs is 1. The van der Waals surface area contributed by atoms with Crippen LogP contribution in [0.5, 0.6) is 0 Å². The van der Waals surface area contributed by atoms with Gasteiger partial charge in [-0.1, -0.05) is 0 Å². The molecule has 0 aromatic carbocycles. The first kappa shape index (κ1) is 19.8. The zero-order valence-corrected chi connectivity index (χ0v) is 17.1. The second kappa shape index (κ2) is 8.39. The van der Waals surface area contributed by atoms with Crippen molar-refractivity contribution in [1.82, 2.24) is 24.3 Å². The van der Waals surface area contributed by atoms with Crippen LogP contribution in [0.25, 0.3) is 11.0 Å². The van der Waals surface area contributed by atoms with Crippen molar-refractivity contribution in [3.8, 4) is 0 Å². The molecule has 0 bridgehead atoms. The third-order valence-corrected chi connectivity index (χ3v) is 4.56. The number of ether oxygens (including phenoxy) is 1. The number of pyridine rings is 1. The molecule has 3 aromatic heterocycles. The summed E-state index contributed by atoms with van der Waals surface area (Å²) in [6.07, 6.45) is 1.74. The minimum absolute atomic E-state index is 0.0672. The normalized spacial score (nSPS) is 11.2. The largest absolute Gasteiger partial charge is 0.380 e. The molecule has 0 fully saturated rings. The molecule has 3 heterocycles. The summed E-state index contributed by atoms with van der Waals surface area (Å²) in [7, 11) is 3.67. The minimum Gasteiger partial charge on any atom is -0.380 e. The standard InChI is InChI=1S/C19H27N7O2/c1-6-24(4)19-21-16-13(3)23-26(10-11-28-7-2)17(16)18(22-19)20-14-8-9-15(27)25(5)12-14/h8-9,12H,6-7,10-11H2,1-5H3,(H,20,21,22). The van der Waals surface area contributed by atoms with Gasteiger partial charge in [0.05, 0.1) is 24.5 Å². The minimum atomic E-state index is -0.0672. The van der Waals surface area contributed by atoms with Crippen molar-refractivity contribution in [2.45, 2.75) is 27.3 Å². The van der Waals surface area contributed by atoms with Gasteiger partial charge in [-0.25, -0.2) is 4.98 Å². The number of anilines is 3. The number of hydrogen-bond acceptors (Lipinski definition) is 7. The van der Waals surface area contributed by atoms with Gasteiger partial charge in [-0.2, -0.15) is 10.1 Å². The van der Waals surface area contributed by atoms with Gasteiger partial charge in [0.2, 0.25) is 11.5 Å². The smallest absolute Gasteiger partial charge is 0.250 e. The maximum absolute atomic E-state index is 11.7. The molecule has 0 aliphatic carbocycles. The van der Waals surface area contributed by atoms with Crippen LogP contribution in [0.2, 0.25) is 0 Å². The summed E-state index contributed by atoms with van der Waals surface area (Å²) in [5.41, 5.74) is 3.15. The lowest BCUT2D eigenvalue weighted by molar-refractivity contribution is 0.137. The van der Waals surface area contributed by atoms with Gasteiger partial charge in [0.15, 0.2) is 5.82 Å². The molecule has 3 rings (SSSR count). The number of nitrogens with one attached hydrogen (secondary N) is 1. The van der Waals surface area contributed by atoms with E-state index in [2.05, 4.69) is 10.4 Å². The Morgan fingerprint density at radius 3 is 2.71 bits per heavy atom. The first-order valence-electron chi connectivity index (χ1n) is 9.42. The number of hydrogen-bond donors (Lipinski definition) is 1. The highest BCUT2D eigenvalue weighted by molar-refractivity contribution is 5.90. The van der Waals surface area contributed by atoms with Crippen LogP contribution in [0.15, 0.2) is 23.1 Å². The average molecular weight is 385 g/mol. The number of rotatable bonds is 8. The summed E-state index contributed by atoms with van der Waals surface area (Å²) in [6.45, 7) is 8.56. The molecule has 0 atom stereocenters. The van der Waals surface area contributed by atoms with Gasteiger partial charge in [-0.05, 0) is 26.8 Å². The Bertz CT molecular complexity index is 1030. The van der Waals surface area contributed by atoms with Crippen molar-refractivity contribution < 1.29 is 4.74 Å². The lowest BCUT2D eigenvalue weighted by atomic mass is 10.3. The Kier molecular flexibility index (Phi) is 5.93. The third-order valence-electron chi connectivity index (χ3n) is 4.56. The van der Waals surface area contributed by atoms with E-state index in [0.29, 0.717) is 31.5 Å². The summed E-state index contributed by atoms with van der Waals surface area (Å²) in [6, 6.07) is 3.27. The third kappa shape index (κ3) is 3.99. The van der Waals surface area contributed by atoms with E-state index >= 15 is 0 Å². The molecule has 0 aliphatic rings. The highest BCUT2D eigenvalue weighted by Gasteiger charge is 2.18. The van der Waals surface area contributed by atoms with Crippen molar-refractivity contribution in [1.29, 1.82) is 0 Å². The Balaban J connectivity index is 2.12. The Morgan fingerprint density at radius 2 is 2.04 bits per heavy atom. The molecular formula is C19H27N7O2. The Morgan fingerprint density at radius 1 is 1.25 bits per heavy atom. The fourth-order valence-electron chi connectivity index (χ4n) is 2.88. The fraction of sp³-hybridized carbons (Fsp3) is 0.474. The van der Waals surface area contributed by atoms with Gasteiger partial charge in [-0.3, -0.25) is 9.48 Å². The highest BCUT2D eigenvalue weighted by atomic mass is 16.5. The van der Waals surface area contributed by atoms with E-state index in [4.69, 9.17) is 14.7 Å². The van der Waals surface area contributed by atoms with Crippen LogP contribution >= 0.6 is 0 Å². The molecule has 0 aliphatic heterocycles. The summed E-state index contributed by atoms with van der Waals surface area (Å²) >= 11 is 0. The zero-order chi connectivity index (χ0) is 20.3. The summed E-state index contributed by atoms with van der Waals surface area (Å²) in [4.78, 5) is 23.1. The van der Waals surface area contributed by atoms with Gasteiger partial charge in [0.25, 0.3) is 0 Å². The Labute approximate surface area is 164 Å². The van der Waals surface area contributed by atoms with E-state index in [1.807, 2.05) is 37.4 Å². The molecule has 1 N–H and O–H groups in total. The van der Waals surface area contributed by atoms with E-state index in [1.54, 1.807) is 19.3 Å². The molecule has 0 saturated carbocycles. The van der Waals surface area contributed by atoms with Crippen molar-refractivity contribution in [3.05, 3.63) is 34.4 Å². The molecule has 28 heavy (non-hydrogen) atoms. The van der Waals surface area contributed by atoms with Gasteiger partial charge in [0.1, 0.15) is 11.0 Å². The van der Waals surface area contributed by atoms with E-state index < -0.39 is 0 Å². The predicted molar refractivity (Wildman–Crippen MR) is 110 cm³/mol. The number of aryl methyl sites for hydroxylation is 2. The number of aromatic nitrogens is 5. The van der Waals surface area contributed by atoms with Crippen molar-refractivity contribution >= 4 is 28.5 Å². The number of nitrogens with zero attached hydrogens (tertiary/aromatic N) is 6. The first-order chi connectivity index (χ1) is 13.4. The van der Waals surface area contributed by atoms with Gasteiger partial charge >= 0.3 is 0 Å². The molecule has 9 nitrogen and oxygen atoms in total. The maximum atomic E-state index is 11.7. The van der Waals surface area contributed by atoms with E-state index in [9.17, 15) is 4.79 Å². The summed E-state index contributed by atoms with van der Waals surface area (Å²) in [5.74, 6) is 1.27. The molecule has 3 aromatic rings. The molecule has 0 unspecified atom stereocenters. The van der Waals surface area contributed by atoms with Crippen LogP contribution in [0.3, 0.4) is 0 Å². The molecule has 9 heteroatoms. The highest BCUT2D eigenvalue weighted by Crippen LogP contribution is 2.28. The second-order valence-electron chi connectivity index (χ2n) is 6.58. The van der Waals surface area contributed by atoms with Crippen LogP contribution in [-0.4, -0.2) is 51.1 Å². The first-order valence-corrected chi connectivity index (χ1v) is 9.42. The fourth-order valence-corrected chi connectivity index (χ4v) is 2.88. The zero-order valence-electron chi connectivity index (χ0n) is 17.1. The predicted octanol–water partition coefficient (Wildman–Crippen LogP) is 2.07. The van der Waals surface area contributed by atoms with Crippen LogP contribution in [0.1, 0.15) is 19.5 Å². The quantitative estimate of drug-likeness (QED) is 0.594. The van der Waals surface area contributed by atoms with Crippen molar-refractivity contribution in [2.24, 2.45) is 7.05 Å². The lowest BCUT2D eigenvalue weighted by Crippen LogP contribution is -2.20. The van der Waals surface area contributed by atoms with Crippen LogP contribution in [0.4, 0.5) is 17.5 Å². The maximum Gasteiger partial charge on any atom is 0.250 e. The topological polar surface area (TPSA) is 90.1 Å². The van der Waals surface area contributed by atoms with Crippen molar-refractivity contribution in [2.75, 3.05) is 37.0 Å². The SMILES string of the molecule is CCOCCn1nc(C)c2nc(N(C)CC)nc(Nc3ccc(=O)n(C)c3)c21. The Hall–Kier alpha value is -2.94. The molecule has 0 amide bonds. The van der Waals surface area contributed by atoms with E-state index in [1.165, 1.54) is 10.6 Å². The average Bonchev–Trinajstić information content (AvgIpc) is 3.00. The molecule has 0 radical (unpaired) electrons. The second-order valence-corrected chi connectivity index (χ2v) is 6.58. The molecule has 0 saturated heterocycles. The summed E-state index contributed by atoms with van der Waals surface area (Å²) < 4.78 is 8.89. The van der Waals surface area contributed by atoms with Gasteiger partial charge < -0.3 is 19.5 Å². The van der Waals surface area contributed by atoms with Crippen LogP contribution in [0, 0.1) is 6.92 Å². The molecule has 150 valence electrons. The van der Waals surface area contributed by atoms with Crippen LogP contribution in [-0.2, 0) is 18.3 Å². The van der Waals surface area contributed by atoms with E-state index in [0.717, 1.165) is 29.0 Å².